The number of halogens is 2. The minimum Gasteiger partial charge on any atom is -0.451 e. The number of carbonyl (C=O) groups is 3. The van der Waals surface area contributed by atoms with Gasteiger partial charge in [-0.2, -0.15) is 0 Å². The zero-order chi connectivity index (χ0) is 20.0. The fourth-order valence-electron chi connectivity index (χ4n) is 2.50. The van der Waals surface area contributed by atoms with Crippen LogP contribution in [0.25, 0.3) is 0 Å². The molecule has 6 nitrogen and oxygen atoms in total. The molecule has 0 unspecified atom stereocenters. The first-order valence-corrected chi connectivity index (χ1v) is 9.05. The third-order valence-corrected chi connectivity index (χ3v) is 4.34. The van der Waals surface area contributed by atoms with E-state index in [1.165, 1.54) is 25.1 Å². The summed E-state index contributed by atoms with van der Waals surface area (Å²) >= 11 is 11.7. The zero-order valence-electron chi connectivity index (χ0n) is 15.5. The van der Waals surface area contributed by atoms with E-state index >= 15 is 0 Å². The molecule has 0 spiro atoms. The summed E-state index contributed by atoms with van der Waals surface area (Å²) in [6.45, 7) is 8.72. The molecule has 1 N–H and O–H groups in total. The molecular weight excluding hydrogens is 379 g/mol. The molecule has 0 saturated carbocycles. The van der Waals surface area contributed by atoms with Crippen molar-refractivity contribution < 1.29 is 19.1 Å². The number of ether oxygens (including phenoxy) is 1. The Kier molecular flexibility index (Phi) is 8.37. The first kappa shape index (κ1) is 22.3. The SMILES string of the molecule is CC(C)N(C(=O)[C@H](C)OC(=O)CNC(=O)c1ccc(Cl)c(Cl)c1)C(C)C. The number of nitrogens with zero attached hydrogens (tertiary/aromatic N) is 1. The van der Waals surface area contributed by atoms with Crippen molar-refractivity contribution in [3.8, 4) is 0 Å². The Labute approximate surface area is 163 Å². The van der Waals surface area contributed by atoms with E-state index in [9.17, 15) is 14.4 Å². The molecule has 0 aliphatic carbocycles. The molecule has 0 fully saturated rings. The molecule has 1 aromatic rings. The molecule has 2 amide bonds. The van der Waals surface area contributed by atoms with E-state index in [2.05, 4.69) is 5.32 Å². The van der Waals surface area contributed by atoms with Crippen molar-refractivity contribution in [2.75, 3.05) is 6.54 Å². The van der Waals surface area contributed by atoms with E-state index in [1.54, 1.807) is 4.90 Å². The van der Waals surface area contributed by atoms with Gasteiger partial charge in [0, 0.05) is 17.6 Å². The number of rotatable bonds is 7. The lowest BCUT2D eigenvalue weighted by Crippen LogP contribution is -2.48. The van der Waals surface area contributed by atoms with Crippen molar-refractivity contribution in [2.24, 2.45) is 0 Å². The Hall–Kier alpha value is -1.79. The topological polar surface area (TPSA) is 75.7 Å². The highest BCUT2D eigenvalue weighted by molar-refractivity contribution is 6.42. The largest absolute Gasteiger partial charge is 0.451 e. The van der Waals surface area contributed by atoms with Crippen LogP contribution in [0.5, 0.6) is 0 Å². The predicted molar refractivity (Wildman–Crippen MR) is 101 cm³/mol. The van der Waals surface area contributed by atoms with Gasteiger partial charge in [0.05, 0.1) is 10.0 Å². The van der Waals surface area contributed by atoms with Gasteiger partial charge in [-0.15, -0.1) is 0 Å². The molecule has 1 atom stereocenters. The minimum atomic E-state index is -0.936. The first-order chi connectivity index (χ1) is 12.0. The third kappa shape index (κ3) is 6.18. The zero-order valence-corrected chi connectivity index (χ0v) is 17.0. The van der Waals surface area contributed by atoms with Crippen LogP contribution in [0.3, 0.4) is 0 Å². The number of hydrogen-bond donors (Lipinski definition) is 1. The highest BCUT2D eigenvalue weighted by atomic mass is 35.5. The van der Waals surface area contributed by atoms with Crippen LogP contribution in [-0.4, -0.2) is 47.4 Å². The molecule has 0 aliphatic heterocycles. The molecule has 1 aromatic carbocycles. The molecule has 144 valence electrons. The highest BCUT2D eigenvalue weighted by Gasteiger charge is 2.27. The molecule has 0 saturated heterocycles. The predicted octanol–water partition coefficient (Wildman–Crippen LogP) is 3.30. The summed E-state index contributed by atoms with van der Waals surface area (Å²) < 4.78 is 5.13. The van der Waals surface area contributed by atoms with Crippen LogP contribution in [0.4, 0.5) is 0 Å². The van der Waals surface area contributed by atoms with Crippen molar-refractivity contribution in [3.05, 3.63) is 33.8 Å². The highest BCUT2D eigenvalue weighted by Crippen LogP contribution is 2.22. The molecule has 0 heterocycles. The van der Waals surface area contributed by atoms with Gasteiger partial charge in [-0.3, -0.25) is 14.4 Å². The molecule has 26 heavy (non-hydrogen) atoms. The van der Waals surface area contributed by atoms with E-state index in [1.807, 2.05) is 27.7 Å². The molecule has 0 radical (unpaired) electrons. The lowest BCUT2D eigenvalue weighted by atomic mass is 10.2. The van der Waals surface area contributed by atoms with Crippen molar-refractivity contribution in [1.29, 1.82) is 0 Å². The molecule has 0 aliphatic rings. The van der Waals surface area contributed by atoms with E-state index in [0.717, 1.165) is 0 Å². The van der Waals surface area contributed by atoms with Crippen LogP contribution in [0.15, 0.2) is 18.2 Å². The number of amides is 2. The fourth-order valence-corrected chi connectivity index (χ4v) is 2.79. The van der Waals surface area contributed by atoms with Crippen LogP contribution >= 0.6 is 23.2 Å². The second-order valence-corrected chi connectivity index (χ2v) is 7.19. The van der Waals surface area contributed by atoms with Crippen molar-refractivity contribution in [3.63, 3.8) is 0 Å². The van der Waals surface area contributed by atoms with Gasteiger partial charge in [0.2, 0.25) is 0 Å². The van der Waals surface area contributed by atoms with Gasteiger partial charge in [-0.1, -0.05) is 23.2 Å². The second kappa shape index (κ2) is 9.78. The first-order valence-electron chi connectivity index (χ1n) is 8.29. The Balaban J connectivity index is 2.59. The van der Waals surface area contributed by atoms with Crippen molar-refractivity contribution in [1.82, 2.24) is 10.2 Å². The molecule has 0 bridgehead atoms. The van der Waals surface area contributed by atoms with Crippen molar-refractivity contribution in [2.45, 2.75) is 52.8 Å². The molecular formula is C18H24Cl2N2O4. The van der Waals surface area contributed by atoms with Crippen LogP contribution in [0.2, 0.25) is 10.0 Å². The number of nitrogens with one attached hydrogen (secondary N) is 1. The Bertz CT molecular complexity index is 669. The van der Waals surface area contributed by atoms with Gasteiger partial charge in [0.25, 0.3) is 11.8 Å². The Morgan fingerprint density at radius 2 is 1.62 bits per heavy atom. The molecule has 0 aromatic heterocycles. The number of benzene rings is 1. The van der Waals surface area contributed by atoms with Gasteiger partial charge in [0.1, 0.15) is 6.54 Å². The van der Waals surface area contributed by atoms with Gasteiger partial charge in [0.15, 0.2) is 6.10 Å². The second-order valence-electron chi connectivity index (χ2n) is 6.38. The average Bonchev–Trinajstić information content (AvgIpc) is 2.54. The number of esters is 1. The smallest absolute Gasteiger partial charge is 0.326 e. The maximum Gasteiger partial charge on any atom is 0.326 e. The van der Waals surface area contributed by atoms with E-state index in [-0.39, 0.29) is 35.1 Å². The van der Waals surface area contributed by atoms with Crippen LogP contribution in [-0.2, 0) is 14.3 Å². The van der Waals surface area contributed by atoms with Crippen LogP contribution in [0, 0.1) is 0 Å². The van der Waals surface area contributed by atoms with E-state index in [0.29, 0.717) is 5.02 Å². The third-order valence-electron chi connectivity index (χ3n) is 3.60. The minimum absolute atomic E-state index is 0.0157. The lowest BCUT2D eigenvalue weighted by Gasteiger charge is -2.32. The van der Waals surface area contributed by atoms with Gasteiger partial charge in [-0.25, -0.2) is 0 Å². The molecule has 8 heteroatoms. The normalized spacial score (nSPS) is 12.0. The fraction of sp³-hybridized carbons (Fsp3) is 0.500. The molecule has 1 rings (SSSR count). The summed E-state index contributed by atoms with van der Waals surface area (Å²) in [5, 5.41) is 2.99. The Morgan fingerprint density at radius 1 is 1.04 bits per heavy atom. The van der Waals surface area contributed by atoms with Crippen LogP contribution < -0.4 is 5.32 Å². The van der Waals surface area contributed by atoms with E-state index < -0.39 is 18.0 Å². The lowest BCUT2D eigenvalue weighted by molar-refractivity contribution is -0.160. The maximum atomic E-state index is 12.4. The number of carbonyl (C=O) groups excluding carboxylic acids is 3. The number of hydrogen-bond acceptors (Lipinski definition) is 4. The summed E-state index contributed by atoms with van der Waals surface area (Å²) in [5.41, 5.74) is 0.266. The maximum absolute atomic E-state index is 12.4. The van der Waals surface area contributed by atoms with Crippen LogP contribution in [0.1, 0.15) is 45.0 Å². The monoisotopic (exact) mass is 402 g/mol. The summed E-state index contributed by atoms with van der Waals surface area (Å²) in [7, 11) is 0. The summed E-state index contributed by atoms with van der Waals surface area (Å²) in [5.74, 6) is -1.48. The van der Waals surface area contributed by atoms with Gasteiger partial charge < -0.3 is 15.0 Å². The van der Waals surface area contributed by atoms with Crippen molar-refractivity contribution >= 4 is 41.0 Å². The van der Waals surface area contributed by atoms with E-state index in [4.69, 9.17) is 27.9 Å². The standard InChI is InChI=1S/C18H24Cl2N2O4/c1-10(2)22(11(3)4)18(25)12(5)26-16(23)9-21-17(24)13-6-7-14(19)15(20)8-13/h6-8,10-12H,9H2,1-5H3,(H,21,24)/t12-/m0/s1. The van der Waals surface area contributed by atoms with Gasteiger partial charge in [-0.05, 0) is 52.8 Å². The summed E-state index contributed by atoms with van der Waals surface area (Å²) in [6, 6.07) is 4.35. The summed E-state index contributed by atoms with van der Waals surface area (Å²) in [6.07, 6.45) is -0.936. The quantitative estimate of drug-likeness (QED) is 0.709. The summed E-state index contributed by atoms with van der Waals surface area (Å²) in [4.78, 5) is 38.0. The Morgan fingerprint density at radius 3 is 2.12 bits per heavy atom. The van der Waals surface area contributed by atoms with Gasteiger partial charge >= 0.3 is 5.97 Å². The average molecular weight is 403 g/mol.